The summed E-state index contributed by atoms with van der Waals surface area (Å²) < 4.78 is 31.0. The van der Waals surface area contributed by atoms with Gasteiger partial charge >= 0.3 is 12.0 Å². The predicted molar refractivity (Wildman–Crippen MR) is 98.6 cm³/mol. The lowest BCUT2D eigenvalue weighted by Gasteiger charge is -2.14. The van der Waals surface area contributed by atoms with Crippen molar-refractivity contribution in [3.05, 3.63) is 60.2 Å². The molecule has 0 aliphatic carbocycles. The molecule has 3 N–H and O–H groups in total. The number of hydrogen-bond acceptors (Lipinski definition) is 4. The monoisotopic (exact) mass is 391 g/mol. The normalized spacial score (nSPS) is 11.2. The zero-order valence-corrected chi connectivity index (χ0v) is 15.0. The summed E-state index contributed by atoms with van der Waals surface area (Å²) in [6, 6.07) is 11.1. The van der Waals surface area contributed by atoms with Gasteiger partial charge in [0.1, 0.15) is 0 Å². The summed E-state index contributed by atoms with van der Waals surface area (Å²) in [6.45, 7) is 1.34. The van der Waals surface area contributed by atoms with Crippen molar-refractivity contribution in [2.75, 3.05) is 17.2 Å². The third-order valence-electron chi connectivity index (χ3n) is 3.51. The van der Waals surface area contributed by atoms with Gasteiger partial charge in [-0.25, -0.2) is 13.6 Å². The summed E-state index contributed by atoms with van der Waals surface area (Å²) in [7, 11) is 0. The fraction of sp³-hybridized carbons (Fsp3) is 0.211. The molecule has 2 rings (SSSR count). The van der Waals surface area contributed by atoms with E-state index in [1.807, 2.05) is 6.07 Å². The first kappa shape index (κ1) is 20.8. The number of halogens is 2. The third-order valence-corrected chi connectivity index (χ3v) is 3.51. The average Bonchev–Trinajstić information content (AvgIpc) is 2.65. The molecule has 28 heavy (non-hydrogen) atoms. The lowest BCUT2D eigenvalue weighted by Crippen LogP contribution is -2.33. The van der Waals surface area contributed by atoms with Crippen LogP contribution in [0.5, 0.6) is 0 Å². The summed E-state index contributed by atoms with van der Waals surface area (Å²) in [5.41, 5.74) is 0.635. The lowest BCUT2D eigenvalue weighted by molar-refractivity contribution is -0.153. The van der Waals surface area contributed by atoms with Crippen molar-refractivity contribution >= 4 is 29.3 Å². The predicted octanol–water partition coefficient (Wildman–Crippen LogP) is 3.05. The molecule has 7 nitrogen and oxygen atoms in total. The smallest absolute Gasteiger partial charge is 0.319 e. The zero-order chi connectivity index (χ0) is 20.5. The van der Waals surface area contributed by atoms with Gasteiger partial charge in [-0.15, -0.1) is 0 Å². The highest BCUT2D eigenvalue weighted by Gasteiger charge is 2.18. The van der Waals surface area contributed by atoms with Gasteiger partial charge < -0.3 is 20.7 Å². The van der Waals surface area contributed by atoms with E-state index in [0.29, 0.717) is 5.69 Å². The molecule has 0 bridgehead atoms. The van der Waals surface area contributed by atoms with Crippen LogP contribution in [-0.4, -0.2) is 30.6 Å². The second-order valence-corrected chi connectivity index (χ2v) is 5.75. The van der Waals surface area contributed by atoms with E-state index in [-0.39, 0.29) is 18.7 Å². The van der Waals surface area contributed by atoms with E-state index in [2.05, 4.69) is 16.0 Å². The van der Waals surface area contributed by atoms with E-state index >= 15 is 0 Å². The minimum absolute atomic E-state index is 0.00894. The van der Waals surface area contributed by atoms with Crippen molar-refractivity contribution < 1.29 is 27.9 Å². The second kappa shape index (κ2) is 10.0. The average molecular weight is 391 g/mol. The molecule has 148 valence electrons. The quantitative estimate of drug-likeness (QED) is 0.632. The van der Waals surface area contributed by atoms with Gasteiger partial charge in [-0.3, -0.25) is 9.59 Å². The molecule has 0 saturated heterocycles. The molecule has 1 atom stereocenters. The Labute approximate surface area is 160 Å². The number of carbonyl (C=O) groups excluding carboxylic acids is 3. The van der Waals surface area contributed by atoms with Crippen molar-refractivity contribution in [2.24, 2.45) is 0 Å². The van der Waals surface area contributed by atoms with Crippen LogP contribution in [0.25, 0.3) is 0 Å². The minimum atomic E-state index is -1.15. The summed E-state index contributed by atoms with van der Waals surface area (Å²) in [5.74, 6) is -3.55. The molecular formula is C19H19F2N3O4. The van der Waals surface area contributed by atoms with Gasteiger partial charge in [0.15, 0.2) is 17.7 Å². The third kappa shape index (κ3) is 6.67. The summed E-state index contributed by atoms with van der Waals surface area (Å²) in [5, 5.41) is 7.39. The van der Waals surface area contributed by atoms with Gasteiger partial charge in [0, 0.05) is 24.0 Å². The highest BCUT2D eigenvalue weighted by molar-refractivity contribution is 5.95. The number of para-hydroxylation sites is 1. The minimum Gasteiger partial charge on any atom is -0.452 e. The van der Waals surface area contributed by atoms with E-state index < -0.39 is 35.6 Å². The first-order valence-corrected chi connectivity index (χ1v) is 8.40. The standard InChI is InChI=1S/C19H19F2N3O4/c1-12(18(26)23-14-7-8-15(20)16(21)11-14)28-17(25)9-10-22-19(27)24-13-5-3-2-4-6-13/h2-8,11-12H,9-10H2,1H3,(H,23,26)(H2,22,24,27)/t12-/m0/s1. The summed E-state index contributed by atoms with van der Waals surface area (Å²) in [4.78, 5) is 35.4. The molecule has 2 aromatic rings. The Bertz CT molecular complexity index is 846. The zero-order valence-electron chi connectivity index (χ0n) is 15.0. The van der Waals surface area contributed by atoms with Crippen LogP contribution < -0.4 is 16.0 Å². The molecule has 0 saturated carbocycles. The van der Waals surface area contributed by atoms with Crippen LogP contribution >= 0.6 is 0 Å². The van der Waals surface area contributed by atoms with Crippen molar-refractivity contribution in [1.29, 1.82) is 0 Å². The molecule has 0 radical (unpaired) electrons. The highest BCUT2D eigenvalue weighted by Crippen LogP contribution is 2.13. The largest absolute Gasteiger partial charge is 0.452 e. The topological polar surface area (TPSA) is 96.5 Å². The SMILES string of the molecule is C[C@H](OC(=O)CCNC(=O)Nc1ccccc1)C(=O)Nc1ccc(F)c(F)c1. The van der Waals surface area contributed by atoms with Crippen LogP contribution in [0.3, 0.4) is 0 Å². The first-order chi connectivity index (χ1) is 13.3. The van der Waals surface area contributed by atoms with Crippen LogP contribution in [0.15, 0.2) is 48.5 Å². The van der Waals surface area contributed by atoms with Crippen LogP contribution in [0.4, 0.5) is 25.0 Å². The van der Waals surface area contributed by atoms with E-state index in [4.69, 9.17) is 4.74 Å². The maximum atomic E-state index is 13.1. The molecule has 3 amide bonds. The number of hydrogen-bond donors (Lipinski definition) is 3. The number of benzene rings is 2. The number of carbonyl (C=O) groups is 3. The van der Waals surface area contributed by atoms with Crippen molar-refractivity contribution in [1.82, 2.24) is 5.32 Å². The molecule has 0 aliphatic rings. The molecule has 0 spiro atoms. The van der Waals surface area contributed by atoms with Gasteiger partial charge in [0.25, 0.3) is 5.91 Å². The van der Waals surface area contributed by atoms with Crippen LogP contribution in [0.2, 0.25) is 0 Å². The number of anilines is 2. The fourth-order valence-electron chi connectivity index (χ4n) is 2.10. The second-order valence-electron chi connectivity index (χ2n) is 5.75. The van der Waals surface area contributed by atoms with Gasteiger partial charge in [0.2, 0.25) is 0 Å². The Balaban J connectivity index is 1.70. The first-order valence-electron chi connectivity index (χ1n) is 8.40. The molecular weight excluding hydrogens is 372 g/mol. The van der Waals surface area contributed by atoms with Gasteiger partial charge in [-0.1, -0.05) is 18.2 Å². The highest BCUT2D eigenvalue weighted by atomic mass is 19.2. The summed E-state index contributed by atoms with van der Waals surface area (Å²) >= 11 is 0. The Hall–Kier alpha value is -3.49. The Morgan fingerprint density at radius 3 is 2.36 bits per heavy atom. The molecule has 0 aliphatic heterocycles. The van der Waals surface area contributed by atoms with Crippen LogP contribution in [0, 0.1) is 11.6 Å². The molecule has 2 aromatic carbocycles. The van der Waals surface area contributed by atoms with E-state index in [1.165, 1.54) is 13.0 Å². The molecule has 9 heteroatoms. The maximum absolute atomic E-state index is 13.1. The number of ether oxygens (including phenoxy) is 1. The molecule has 0 unspecified atom stereocenters. The number of urea groups is 1. The van der Waals surface area contributed by atoms with Crippen molar-refractivity contribution in [3.63, 3.8) is 0 Å². The van der Waals surface area contributed by atoms with Crippen molar-refractivity contribution in [2.45, 2.75) is 19.4 Å². The van der Waals surface area contributed by atoms with Gasteiger partial charge in [-0.2, -0.15) is 0 Å². The van der Waals surface area contributed by atoms with Crippen molar-refractivity contribution in [3.8, 4) is 0 Å². The Morgan fingerprint density at radius 2 is 1.68 bits per heavy atom. The van der Waals surface area contributed by atoms with Gasteiger partial charge in [0.05, 0.1) is 6.42 Å². The van der Waals surface area contributed by atoms with E-state index in [9.17, 15) is 23.2 Å². The fourth-order valence-corrected chi connectivity index (χ4v) is 2.10. The molecule has 0 heterocycles. The van der Waals surface area contributed by atoms with Crippen LogP contribution in [-0.2, 0) is 14.3 Å². The number of esters is 1. The number of nitrogens with one attached hydrogen (secondary N) is 3. The maximum Gasteiger partial charge on any atom is 0.319 e. The Kier molecular flexibility index (Phi) is 7.44. The van der Waals surface area contributed by atoms with Crippen LogP contribution in [0.1, 0.15) is 13.3 Å². The molecule has 0 aromatic heterocycles. The lowest BCUT2D eigenvalue weighted by atomic mass is 10.2. The van der Waals surface area contributed by atoms with E-state index in [1.54, 1.807) is 24.3 Å². The molecule has 0 fully saturated rings. The number of rotatable bonds is 7. The van der Waals surface area contributed by atoms with Gasteiger partial charge in [-0.05, 0) is 31.2 Å². The summed E-state index contributed by atoms with van der Waals surface area (Å²) in [6.07, 6.45) is -1.30. The Morgan fingerprint density at radius 1 is 0.964 bits per heavy atom. The van der Waals surface area contributed by atoms with E-state index in [0.717, 1.165) is 12.1 Å². The number of amides is 3.